The molecule has 0 unspecified atom stereocenters. The van der Waals surface area contributed by atoms with E-state index in [1.54, 1.807) is 4.68 Å². The monoisotopic (exact) mass is 251 g/mol. The zero-order valence-electron chi connectivity index (χ0n) is 9.38. The number of alkyl halides is 1. The van der Waals surface area contributed by atoms with Gasteiger partial charge in [-0.1, -0.05) is 23.3 Å². The molecule has 0 bridgehead atoms. The zero-order valence-corrected chi connectivity index (χ0v) is 10.1. The summed E-state index contributed by atoms with van der Waals surface area (Å²) in [5.41, 5.74) is 0.942. The first-order valence-electron chi connectivity index (χ1n) is 5.55. The highest BCUT2D eigenvalue weighted by atomic mass is 35.5. The number of anilines is 1. The molecule has 90 valence electrons. The topological polar surface area (TPSA) is 55.6 Å². The summed E-state index contributed by atoms with van der Waals surface area (Å²) < 4.78 is 1.68. The normalized spacial score (nSPS) is 10.4. The number of rotatable bonds is 6. The van der Waals surface area contributed by atoms with Crippen molar-refractivity contribution >= 4 is 17.5 Å². The van der Waals surface area contributed by atoms with E-state index in [0.717, 1.165) is 25.1 Å². The molecule has 1 aromatic carbocycles. The highest BCUT2D eigenvalue weighted by Crippen LogP contribution is 2.10. The Morgan fingerprint density at radius 2 is 2.00 bits per heavy atom. The van der Waals surface area contributed by atoms with Gasteiger partial charge in [0.2, 0.25) is 5.95 Å². The second kappa shape index (κ2) is 6.20. The maximum absolute atomic E-state index is 5.62. The molecule has 0 radical (unpaired) electrons. The molecule has 0 atom stereocenters. The standard InChI is InChI=1S/C11H14ClN5/c12-8-4-5-9-13-11-14-15-16-17(11)10-6-2-1-3-7-10/h1-3,6-7H,4-5,8-9H2,(H,13,14,16). The highest BCUT2D eigenvalue weighted by Gasteiger charge is 2.06. The molecular formula is C11H14ClN5. The van der Waals surface area contributed by atoms with Crippen LogP contribution in [0, 0.1) is 0 Å². The Labute approximate surface area is 105 Å². The van der Waals surface area contributed by atoms with Gasteiger partial charge in [-0.15, -0.1) is 11.6 Å². The Hall–Kier alpha value is -1.62. The van der Waals surface area contributed by atoms with E-state index in [1.807, 2.05) is 30.3 Å². The van der Waals surface area contributed by atoms with Gasteiger partial charge in [0.15, 0.2) is 0 Å². The van der Waals surface area contributed by atoms with Crippen molar-refractivity contribution in [1.29, 1.82) is 0 Å². The summed E-state index contributed by atoms with van der Waals surface area (Å²) in [6.07, 6.45) is 1.99. The maximum atomic E-state index is 5.62. The number of tetrazole rings is 1. The van der Waals surface area contributed by atoms with Crippen LogP contribution in [0.1, 0.15) is 12.8 Å². The predicted molar refractivity (Wildman–Crippen MR) is 67.6 cm³/mol. The molecule has 2 aromatic rings. The number of unbranched alkanes of at least 4 members (excludes halogenated alkanes) is 1. The van der Waals surface area contributed by atoms with Gasteiger partial charge in [-0.05, 0) is 35.4 Å². The van der Waals surface area contributed by atoms with Gasteiger partial charge < -0.3 is 5.32 Å². The van der Waals surface area contributed by atoms with E-state index >= 15 is 0 Å². The van der Waals surface area contributed by atoms with Crippen molar-refractivity contribution in [2.24, 2.45) is 0 Å². The van der Waals surface area contributed by atoms with E-state index in [9.17, 15) is 0 Å². The number of benzene rings is 1. The average molecular weight is 252 g/mol. The first-order chi connectivity index (χ1) is 8.42. The number of halogens is 1. The van der Waals surface area contributed by atoms with E-state index < -0.39 is 0 Å². The minimum Gasteiger partial charge on any atom is -0.353 e. The fraction of sp³-hybridized carbons (Fsp3) is 0.364. The minimum atomic E-state index is 0.658. The van der Waals surface area contributed by atoms with E-state index in [-0.39, 0.29) is 0 Å². The summed E-state index contributed by atoms with van der Waals surface area (Å²) in [5, 5.41) is 14.8. The molecule has 0 amide bonds. The van der Waals surface area contributed by atoms with Gasteiger partial charge in [-0.2, -0.15) is 4.68 Å². The fourth-order valence-corrected chi connectivity index (χ4v) is 1.65. The fourth-order valence-electron chi connectivity index (χ4n) is 1.46. The molecule has 0 saturated heterocycles. The van der Waals surface area contributed by atoms with Gasteiger partial charge in [0, 0.05) is 12.4 Å². The largest absolute Gasteiger partial charge is 0.353 e. The molecule has 0 aliphatic heterocycles. The van der Waals surface area contributed by atoms with Crippen LogP contribution in [0.5, 0.6) is 0 Å². The number of nitrogens with one attached hydrogen (secondary N) is 1. The maximum Gasteiger partial charge on any atom is 0.247 e. The van der Waals surface area contributed by atoms with Crippen molar-refractivity contribution in [2.45, 2.75) is 12.8 Å². The van der Waals surface area contributed by atoms with Crippen molar-refractivity contribution in [3.8, 4) is 5.69 Å². The van der Waals surface area contributed by atoms with Gasteiger partial charge in [0.05, 0.1) is 5.69 Å². The molecular weight excluding hydrogens is 238 g/mol. The van der Waals surface area contributed by atoms with E-state index in [4.69, 9.17) is 11.6 Å². The second-order valence-corrected chi connectivity index (χ2v) is 3.95. The van der Waals surface area contributed by atoms with Crippen LogP contribution in [0.15, 0.2) is 30.3 Å². The van der Waals surface area contributed by atoms with Crippen LogP contribution >= 0.6 is 11.6 Å². The SMILES string of the molecule is ClCCCCNc1nnnn1-c1ccccc1. The van der Waals surface area contributed by atoms with Crippen molar-refractivity contribution in [2.75, 3.05) is 17.7 Å². The van der Waals surface area contributed by atoms with Crippen LogP contribution in [0.2, 0.25) is 0 Å². The third-order valence-electron chi connectivity index (χ3n) is 2.31. The number of aromatic nitrogens is 4. The molecule has 1 heterocycles. The lowest BCUT2D eigenvalue weighted by Gasteiger charge is -2.05. The Morgan fingerprint density at radius 3 is 2.76 bits per heavy atom. The van der Waals surface area contributed by atoms with E-state index in [1.165, 1.54) is 0 Å². The number of hydrogen-bond acceptors (Lipinski definition) is 4. The van der Waals surface area contributed by atoms with Crippen molar-refractivity contribution in [1.82, 2.24) is 20.2 Å². The number of hydrogen-bond donors (Lipinski definition) is 1. The lowest BCUT2D eigenvalue weighted by Crippen LogP contribution is -2.08. The van der Waals surface area contributed by atoms with Crippen LogP contribution in [-0.4, -0.2) is 32.6 Å². The Balaban J connectivity index is 2.02. The van der Waals surface area contributed by atoms with Crippen LogP contribution in [-0.2, 0) is 0 Å². The molecule has 17 heavy (non-hydrogen) atoms. The highest BCUT2D eigenvalue weighted by molar-refractivity contribution is 6.17. The summed E-state index contributed by atoms with van der Waals surface area (Å²) in [7, 11) is 0. The first-order valence-corrected chi connectivity index (χ1v) is 6.09. The van der Waals surface area contributed by atoms with Crippen LogP contribution in [0.25, 0.3) is 5.69 Å². The smallest absolute Gasteiger partial charge is 0.247 e. The molecule has 1 N–H and O–H groups in total. The molecule has 0 aliphatic carbocycles. The third-order valence-corrected chi connectivity index (χ3v) is 2.58. The Kier molecular flexibility index (Phi) is 4.32. The summed E-state index contributed by atoms with van der Waals surface area (Å²) >= 11 is 5.62. The Bertz CT molecular complexity index is 442. The van der Waals surface area contributed by atoms with Crippen molar-refractivity contribution in [3.63, 3.8) is 0 Å². The minimum absolute atomic E-state index is 0.658. The average Bonchev–Trinajstić information content (AvgIpc) is 2.84. The second-order valence-electron chi connectivity index (χ2n) is 3.57. The zero-order chi connectivity index (χ0) is 11.9. The van der Waals surface area contributed by atoms with Gasteiger partial charge >= 0.3 is 0 Å². The van der Waals surface area contributed by atoms with Gasteiger partial charge in [-0.3, -0.25) is 0 Å². The molecule has 2 rings (SSSR count). The Morgan fingerprint density at radius 1 is 1.18 bits per heavy atom. The van der Waals surface area contributed by atoms with Crippen LogP contribution in [0.3, 0.4) is 0 Å². The van der Waals surface area contributed by atoms with Crippen LogP contribution in [0.4, 0.5) is 5.95 Å². The third kappa shape index (κ3) is 3.17. The van der Waals surface area contributed by atoms with Crippen molar-refractivity contribution < 1.29 is 0 Å². The van der Waals surface area contributed by atoms with Crippen molar-refractivity contribution in [3.05, 3.63) is 30.3 Å². The molecule has 6 heteroatoms. The van der Waals surface area contributed by atoms with E-state index in [2.05, 4.69) is 20.8 Å². The molecule has 0 fully saturated rings. The lowest BCUT2D eigenvalue weighted by molar-refractivity contribution is 0.783. The number of nitrogens with zero attached hydrogens (tertiary/aromatic N) is 4. The van der Waals surface area contributed by atoms with E-state index in [0.29, 0.717) is 11.8 Å². The molecule has 5 nitrogen and oxygen atoms in total. The molecule has 0 saturated carbocycles. The van der Waals surface area contributed by atoms with Crippen LogP contribution < -0.4 is 5.32 Å². The summed E-state index contributed by atoms with van der Waals surface area (Å²) in [6, 6.07) is 9.78. The summed E-state index contributed by atoms with van der Waals surface area (Å²) in [4.78, 5) is 0. The predicted octanol–water partition coefficient (Wildman–Crippen LogP) is 2.09. The summed E-state index contributed by atoms with van der Waals surface area (Å²) in [6.45, 7) is 0.819. The molecule has 0 spiro atoms. The quantitative estimate of drug-likeness (QED) is 0.631. The lowest BCUT2D eigenvalue weighted by atomic mass is 10.3. The molecule has 1 aromatic heterocycles. The first kappa shape index (κ1) is 11.9. The molecule has 0 aliphatic rings. The number of para-hydroxylation sites is 1. The van der Waals surface area contributed by atoms with Gasteiger partial charge in [0.25, 0.3) is 0 Å². The summed E-state index contributed by atoms with van der Waals surface area (Å²) in [5.74, 6) is 1.34. The van der Waals surface area contributed by atoms with Gasteiger partial charge in [0.1, 0.15) is 0 Å². The van der Waals surface area contributed by atoms with Gasteiger partial charge in [-0.25, -0.2) is 0 Å².